The summed E-state index contributed by atoms with van der Waals surface area (Å²) in [6.45, 7) is 12.3. The Balaban J connectivity index is 2.33. The van der Waals surface area contributed by atoms with Crippen molar-refractivity contribution in [1.82, 2.24) is 5.01 Å². The first-order valence-corrected chi connectivity index (χ1v) is 8.59. The molecule has 1 heterocycles. The quantitative estimate of drug-likeness (QED) is 0.597. The van der Waals surface area contributed by atoms with Gasteiger partial charge in [0.15, 0.2) is 0 Å². The maximum atomic E-state index is 6.28. The van der Waals surface area contributed by atoms with Crippen LogP contribution >= 0.6 is 0 Å². The van der Waals surface area contributed by atoms with Crippen LogP contribution < -0.4 is 5.73 Å². The summed E-state index contributed by atoms with van der Waals surface area (Å²) in [4.78, 5) is 0. The van der Waals surface area contributed by atoms with Gasteiger partial charge in [0.05, 0.1) is 11.4 Å². The number of hydrogen-bond acceptors (Lipinski definition) is 3. The topological polar surface area (TPSA) is 41.6 Å². The molecular formula is C22H27N3. The van der Waals surface area contributed by atoms with Crippen molar-refractivity contribution in [1.29, 1.82) is 0 Å². The van der Waals surface area contributed by atoms with Gasteiger partial charge in [0.2, 0.25) is 0 Å². The van der Waals surface area contributed by atoms with Gasteiger partial charge in [-0.1, -0.05) is 56.0 Å². The normalized spacial score (nSPS) is 16.3. The van der Waals surface area contributed by atoms with Gasteiger partial charge in [-0.2, -0.15) is 5.10 Å². The third-order valence-electron chi connectivity index (χ3n) is 4.21. The van der Waals surface area contributed by atoms with Crippen LogP contribution in [0.5, 0.6) is 0 Å². The van der Waals surface area contributed by atoms with Crippen LogP contribution in [0.1, 0.15) is 38.8 Å². The molecule has 1 aromatic rings. The molecular weight excluding hydrogens is 306 g/mol. The minimum absolute atomic E-state index is 0.576. The van der Waals surface area contributed by atoms with Crippen molar-refractivity contribution in [2.24, 2.45) is 10.8 Å². The van der Waals surface area contributed by atoms with E-state index < -0.39 is 0 Å². The smallest absolute Gasteiger partial charge is 0.126 e. The lowest BCUT2D eigenvalue weighted by Crippen LogP contribution is -2.25. The average Bonchev–Trinajstić information content (AvgIpc) is 2.62. The van der Waals surface area contributed by atoms with Crippen LogP contribution in [0.15, 0.2) is 83.4 Å². The van der Waals surface area contributed by atoms with Crippen LogP contribution in [0.2, 0.25) is 0 Å². The van der Waals surface area contributed by atoms with E-state index in [0.717, 1.165) is 29.0 Å². The van der Waals surface area contributed by atoms with E-state index in [1.54, 1.807) is 5.01 Å². The maximum absolute atomic E-state index is 6.28. The summed E-state index contributed by atoms with van der Waals surface area (Å²) in [5.74, 6) is 0.576. The van der Waals surface area contributed by atoms with Gasteiger partial charge in [-0.3, -0.25) is 0 Å². The predicted molar refractivity (Wildman–Crippen MR) is 109 cm³/mol. The number of nitrogens with two attached hydrogens (primary N) is 1. The molecule has 0 bridgehead atoms. The molecule has 0 aromatic heterocycles. The Morgan fingerprint density at radius 2 is 1.96 bits per heavy atom. The average molecular weight is 333 g/mol. The third kappa shape index (κ3) is 4.38. The summed E-state index contributed by atoms with van der Waals surface area (Å²) < 4.78 is 0. The fourth-order valence-electron chi connectivity index (χ4n) is 2.65. The number of aryl methyl sites for hydroxylation is 1. The van der Waals surface area contributed by atoms with E-state index in [1.165, 1.54) is 11.1 Å². The van der Waals surface area contributed by atoms with Crippen molar-refractivity contribution in [3.8, 4) is 0 Å². The van der Waals surface area contributed by atoms with E-state index in [2.05, 4.69) is 36.8 Å². The van der Waals surface area contributed by atoms with Gasteiger partial charge in [-0.05, 0) is 61.6 Å². The first-order valence-electron chi connectivity index (χ1n) is 8.59. The van der Waals surface area contributed by atoms with E-state index in [9.17, 15) is 0 Å². The van der Waals surface area contributed by atoms with Crippen molar-refractivity contribution in [3.05, 3.63) is 89.4 Å². The first-order chi connectivity index (χ1) is 12.0. The van der Waals surface area contributed by atoms with Crippen LogP contribution in [0.3, 0.4) is 0 Å². The Kier molecular flexibility index (Phi) is 6.18. The first kappa shape index (κ1) is 18.5. The minimum Gasteiger partial charge on any atom is -0.384 e. The van der Waals surface area contributed by atoms with Crippen LogP contribution in [0, 0.1) is 0 Å². The van der Waals surface area contributed by atoms with Gasteiger partial charge in [0, 0.05) is 0 Å². The lowest BCUT2D eigenvalue weighted by atomic mass is 9.96. The van der Waals surface area contributed by atoms with Gasteiger partial charge in [-0.25, -0.2) is 5.01 Å². The number of allylic oxidation sites excluding steroid dienone is 7. The van der Waals surface area contributed by atoms with Gasteiger partial charge in [-0.15, -0.1) is 0 Å². The molecule has 0 spiro atoms. The van der Waals surface area contributed by atoms with Gasteiger partial charge in [0.1, 0.15) is 5.82 Å². The molecule has 1 aromatic carbocycles. The van der Waals surface area contributed by atoms with E-state index in [-0.39, 0.29) is 0 Å². The zero-order chi connectivity index (χ0) is 18.4. The summed E-state index contributed by atoms with van der Waals surface area (Å²) >= 11 is 0. The summed E-state index contributed by atoms with van der Waals surface area (Å²) in [5, 5.41) is 6.33. The highest BCUT2D eigenvalue weighted by Crippen LogP contribution is 2.29. The number of hydrogen-bond donors (Lipinski definition) is 1. The van der Waals surface area contributed by atoms with Crippen LogP contribution in [-0.2, 0) is 6.42 Å². The molecule has 0 saturated heterocycles. The van der Waals surface area contributed by atoms with Crippen LogP contribution in [0.25, 0.3) is 5.57 Å². The Morgan fingerprint density at radius 3 is 2.60 bits per heavy atom. The van der Waals surface area contributed by atoms with Crippen LogP contribution in [0.4, 0.5) is 0 Å². The Hall–Kier alpha value is -2.81. The second-order valence-corrected chi connectivity index (χ2v) is 6.04. The predicted octanol–water partition coefficient (Wildman–Crippen LogP) is 5.16. The molecule has 3 nitrogen and oxygen atoms in total. The summed E-state index contributed by atoms with van der Waals surface area (Å²) in [6.07, 6.45) is 11.0. The molecule has 25 heavy (non-hydrogen) atoms. The van der Waals surface area contributed by atoms with E-state index in [0.29, 0.717) is 5.82 Å². The van der Waals surface area contributed by atoms with E-state index in [4.69, 9.17) is 5.73 Å². The largest absolute Gasteiger partial charge is 0.384 e. The molecule has 0 unspecified atom stereocenters. The second kappa shape index (κ2) is 8.34. The lowest BCUT2D eigenvalue weighted by molar-refractivity contribution is 0.462. The molecule has 3 heteroatoms. The van der Waals surface area contributed by atoms with Gasteiger partial charge >= 0.3 is 0 Å². The van der Waals surface area contributed by atoms with Crippen LogP contribution in [-0.4, -0.2) is 10.7 Å². The van der Waals surface area contributed by atoms with E-state index in [1.807, 2.05) is 57.2 Å². The Morgan fingerprint density at radius 1 is 1.24 bits per heavy atom. The van der Waals surface area contributed by atoms with Crippen molar-refractivity contribution in [2.75, 3.05) is 0 Å². The standard InChI is InChI=1S/C22H27N3/c1-6-8-11-16(3)18(5)24-25-17(4)14-20(15-22(25)23)21-13-10-9-12-19(21)7-2/h6,8-15H,4,7,23H2,1-3,5H3/b8-6-,16-11+,24-18+. The fraction of sp³-hybridized carbons (Fsp3) is 0.227. The molecule has 1 aliphatic rings. The second-order valence-electron chi connectivity index (χ2n) is 6.04. The highest BCUT2D eigenvalue weighted by atomic mass is 15.5. The molecule has 0 aliphatic carbocycles. The maximum Gasteiger partial charge on any atom is 0.126 e. The van der Waals surface area contributed by atoms with Gasteiger partial charge in [0.25, 0.3) is 0 Å². The van der Waals surface area contributed by atoms with Gasteiger partial charge < -0.3 is 5.73 Å². The number of nitrogens with zero attached hydrogens (tertiary/aromatic N) is 2. The molecule has 2 N–H and O–H groups in total. The van der Waals surface area contributed by atoms with Crippen molar-refractivity contribution in [3.63, 3.8) is 0 Å². The molecule has 130 valence electrons. The Bertz CT molecular complexity index is 804. The molecule has 2 rings (SSSR count). The highest BCUT2D eigenvalue weighted by Gasteiger charge is 2.17. The van der Waals surface area contributed by atoms with Crippen molar-refractivity contribution >= 4 is 11.3 Å². The zero-order valence-corrected chi connectivity index (χ0v) is 15.6. The number of rotatable bonds is 5. The van der Waals surface area contributed by atoms with E-state index >= 15 is 0 Å². The number of hydrazone groups is 1. The Labute approximate surface area is 151 Å². The lowest BCUT2D eigenvalue weighted by Gasteiger charge is -2.26. The molecule has 0 fully saturated rings. The summed E-state index contributed by atoms with van der Waals surface area (Å²) in [7, 11) is 0. The summed E-state index contributed by atoms with van der Waals surface area (Å²) in [6, 6.07) is 8.38. The molecule has 0 saturated carbocycles. The minimum atomic E-state index is 0.576. The SMILES string of the molecule is C=C1C=C(c2ccccc2CC)C=C(N)N1/N=C(C)/C(C)=C/C=C\C. The van der Waals surface area contributed by atoms with Crippen molar-refractivity contribution < 1.29 is 0 Å². The number of benzene rings is 1. The third-order valence-corrected chi connectivity index (χ3v) is 4.21. The highest BCUT2D eigenvalue weighted by molar-refractivity contribution is 5.98. The molecule has 1 aliphatic heterocycles. The zero-order valence-electron chi connectivity index (χ0n) is 15.6. The molecule has 0 radical (unpaired) electrons. The molecule has 0 amide bonds. The monoisotopic (exact) mass is 333 g/mol. The van der Waals surface area contributed by atoms with Crippen molar-refractivity contribution in [2.45, 2.75) is 34.1 Å². The summed E-state index contributed by atoms with van der Waals surface area (Å²) in [5.41, 5.74) is 12.6. The fourth-order valence-corrected chi connectivity index (χ4v) is 2.65. The molecule has 0 atom stereocenters.